The number of hydrogen-bond acceptors (Lipinski definition) is 6. The first kappa shape index (κ1) is 26.9. The van der Waals surface area contributed by atoms with Crippen LogP contribution in [0.15, 0.2) is 43.0 Å². The van der Waals surface area contributed by atoms with Crippen molar-refractivity contribution < 1.29 is 23.5 Å². The number of rotatable bonds is 5. The van der Waals surface area contributed by atoms with Crippen LogP contribution in [0.5, 0.6) is 5.75 Å². The number of nitrogens with two attached hydrogens (primary N) is 1. The van der Waals surface area contributed by atoms with E-state index in [-0.39, 0.29) is 36.1 Å². The number of aromatic hydroxyl groups is 1. The first-order valence-electron chi connectivity index (χ1n) is 13.9. The molecule has 1 aliphatic carbocycles. The molecule has 3 N–H and O–H groups in total. The van der Waals surface area contributed by atoms with Gasteiger partial charge in [-0.1, -0.05) is 19.1 Å². The van der Waals surface area contributed by atoms with Gasteiger partial charge in [0, 0.05) is 45.0 Å². The van der Waals surface area contributed by atoms with Crippen LogP contribution < -0.4 is 5.73 Å². The molecule has 3 aromatic rings. The summed E-state index contributed by atoms with van der Waals surface area (Å²) < 4.78 is 29.4. The van der Waals surface area contributed by atoms with Gasteiger partial charge in [-0.15, -0.1) is 0 Å². The number of anilines is 1. The van der Waals surface area contributed by atoms with Gasteiger partial charge in [0.1, 0.15) is 22.9 Å². The molecule has 11 heteroatoms. The van der Waals surface area contributed by atoms with Crippen molar-refractivity contribution in [1.82, 2.24) is 24.6 Å². The fourth-order valence-corrected chi connectivity index (χ4v) is 6.14. The Morgan fingerprint density at radius 3 is 2.59 bits per heavy atom. The molecule has 0 saturated heterocycles. The fourth-order valence-electron chi connectivity index (χ4n) is 6.14. The second-order valence-corrected chi connectivity index (χ2v) is 11.1. The summed E-state index contributed by atoms with van der Waals surface area (Å²) in [5.74, 6) is -3.58. The van der Waals surface area contributed by atoms with Crippen LogP contribution >= 0.6 is 0 Å². The quantitative estimate of drug-likeness (QED) is 0.449. The molecule has 1 fully saturated rings. The number of carbonyl (C=O) groups excluding carboxylic acids is 2. The van der Waals surface area contributed by atoms with E-state index in [4.69, 9.17) is 10.8 Å². The number of alkyl halides is 2. The minimum Gasteiger partial charge on any atom is -0.506 e. The Labute approximate surface area is 236 Å². The molecule has 1 unspecified atom stereocenters. The third-order valence-corrected chi connectivity index (χ3v) is 8.57. The van der Waals surface area contributed by atoms with Crippen LogP contribution in [0.3, 0.4) is 0 Å². The molecular formula is C30H32F2N6O3. The number of nitrogen functional groups attached to an aromatic ring is 1. The maximum Gasteiger partial charge on any atom is 0.287 e. The Morgan fingerprint density at radius 2 is 1.95 bits per heavy atom. The number of amides is 2. The standard InChI is InChI=1S/C30H32F2N6O3/c1-3-26(40)36-13-11-20-27-22(38(35-20)21-9-7-18(15-24(21)39)17-5-4-6-17)12-14-37(23(27)16-36)29(41)19-8-10-25(30(2,31)32)34-28(19)33/h3,7-10,15,17,23,39H,1,4-6,11-14,16H2,2H3,(H2,33,34). The van der Waals surface area contributed by atoms with E-state index in [0.717, 1.165) is 48.3 Å². The van der Waals surface area contributed by atoms with Crippen molar-refractivity contribution in [2.24, 2.45) is 0 Å². The lowest BCUT2D eigenvalue weighted by Crippen LogP contribution is -2.46. The van der Waals surface area contributed by atoms with Crippen LogP contribution in [0.1, 0.15) is 76.7 Å². The Balaban J connectivity index is 1.40. The van der Waals surface area contributed by atoms with E-state index in [9.17, 15) is 23.5 Å². The molecular weight excluding hydrogens is 530 g/mol. The van der Waals surface area contributed by atoms with E-state index in [2.05, 4.69) is 11.6 Å². The second kappa shape index (κ2) is 9.97. The average Bonchev–Trinajstić information content (AvgIpc) is 3.15. The topological polar surface area (TPSA) is 118 Å². The molecule has 3 aliphatic rings. The van der Waals surface area contributed by atoms with Gasteiger partial charge < -0.3 is 20.6 Å². The van der Waals surface area contributed by atoms with Crippen molar-refractivity contribution in [2.75, 3.05) is 25.4 Å². The van der Waals surface area contributed by atoms with Gasteiger partial charge in [0.15, 0.2) is 0 Å². The lowest BCUT2D eigenvalue weighted by Gasteiger charge is -2.38. The summed E-state index contributed by atoms with van der Waals surface area (Å²) in [6, 6.07) is 7.58. The van der Waals surface area contributed by atoms with Crippen molar-refractivity contribution in [2.45, 2.75) is 56.9 Å². The maximum absolute atomic E-state index is 13.8. The van der Waals surface area contributed by atoms with Gasteiger partial charge in [0.25, 0.3) is 11.8 Å². The number of aromatic nitrogens is 3. The molecule has 1 aromatic carbocycles. The van der Waals surface area contributed by atoms with Crippen LogP contribution in [-0.2, 0) is 23.6 Å². The molecule has 2 aliphatic heterocycles. The summed E-state index contributed by atoms with van der Waals surface area (Å²) in [4.78, 5) is 33.6. The smallest absolute Gasteiger partial charge is 0.287 e. The Morgan fingerprint density at radius 1 is 1.17 bits per heavy atom. The molecule has 0 spiro atoms. The Kier molecular flexibility index (Phi) is 6.55. The molecule has 4 heterocycles. The van der Waals surface area contributed by atoms with Gasteiger partial charge in [-0.05, 0) is 54.7 Å². The van der Waals surface area contributed by atoms with Gasteiger partial charge in [0.2, 0.25) is 5.91 Å². The molecule has 1 saturated carbocycles. The minimum atomic E-state index is -3.20. The average molecular weight is 563 g/mol. The van der Waals surface area contributed by atoms with Crippen molar-refractivity contribution in [3.8, 4) is 11.4 Å². The summed E-state index contributed by atoms with van der Waals surface area (Å²) >= 11 is 0. The SMILES string of the molecule is C=CC(=O)N1CCc2nn(-c3ccc(C4CCC4)cc3O)c3c2C(C1)N(C(=O)c1ccc(C(C)(F)F)nc1N)CC3. The zero-order valence-corrected chi connectivity index (χ0v) is 22.8. The molecule has 41 heavy (non-hydrogen) atoms. The second-order valence-electron chi connectivity index (χ2n) is 11.1. The molecule has 0 bridgehead atoms. The Hall–Kier alpha value is -4.28. The zero-order valence-electron chi connectivity index (χ0n) is 22.8. The molecule has 214 valence electrons. The highest BCUT2D eigenvalue weighted by Gasteiger charge is 2.41. The third-order valence-electron chi connectivity index (χ3n) is 8.57. The molecule has 2 aromatic heterocycles. The van der Waals surface area contributed by atoms with Crippen LogP contribution in [-0.4, -0.2) is 61.1 Å². The number of pyridine rings is 1. The number of carbonyl (C=O) groups is 2. The summed E-state index contributed by atoms with van der Waals surface area (Å²) in [6.07, 6.45) is 5.57. The normalized spacial score (nSPS) is 18.9. The molecule has 9 nitrogen and oxygen atoms in total. The summed E-state index contributed by atoms with van der Waals surface area (Å²) in [7, 11) is 0. The van der Waals surface area contributed by atoms with Crippen LogP contribution in [0.4, 0.5) is 14.6 Å². The van der Waals surface area contributed by atoms with E-state index in [1.807, 2.05) is 18.2 Å². The van der Waals surface area contributed by atoms with Crippen LogP contribution in [0.2, 0.25) is 0 Å². The number of phenols is 1. The number of nitrogens with zero attached hydrogens (tertiary/aromatic N) is 5. The third kappa shape index (κ3) is 4.62. The summed E-state index contributed by atoms with van der Waals surface area (Å²) in [6.45, 7) is 5.18. The number of hydrogen-bond donors (Lipinski definition) is 2. The lowest BCUT2D eigenvalue weighted by molar-refractivity contribution is -0.126. The first-order chi connectivity index (χ1) is 19.6. The van der Waals surface area contributed by atoms with E-state index < -0.39 is 23.6 Å². The summed E-state index contributed by atoms with van der Waals surface area (Å²) in [5.41, 5.74) is 9.62. The van der Waals surface area contributed by atoms with Gasteiger partial charge in [0.05, 0.1) is 23.0 Å². The fraction of sp³-hybridized carbons (Fsp3) is 0.400. The molecule has 6 rings (SSSR count). The number of phenolic OH excluding ortho intramolecular Hbond substituents is 1. The van der Waals surface area contributed by atoms with Gasteiger partial charge >= 0.3 is 0 Å². The molecule has 1 atom stereocenters. The molecule has 2 amide bonds. The van der Waals surface area contributed by atoms with Gasteiger partial charge in [-0.25, -0.2) is 9.67 Å². The van der Waals surface area contributed by atoms with Crippen molar-refractivity contribution >= 4 is 17.6 Å². The van der Waals surface area contributed by atoms with E-state index in [1.54, 1.807) is 14.5 Å². The van der Waals surface area contributed by atoms with E-state index >= 15 is 0 Å². The lowest BCUT2D eigenvalue weighted by atomic mass is 9.80. The number of halogens is 2. The Bertz CT molecular complexity index is 1560. The van der Waals surface area contributed by atoms with Crippen LogP contribution in [0, 0.1) is 0 Å². The predicted octanol–water partition coefficient (Wildman–Crippen LogP) is 4.24. The zero-order chi connectivity index (χ0) is 29.1. The van der Waals surface area contributed by atoms with Crippen molar-refractivity contribution in [3.05, 3.63) is 76.8 Å². The van der Waals surface area contributed by atoms with Crippen molar-refractivity contribution in [1.29, 1.82) is 0 Å². The number of benzene rings is 1. The highest BCUT2D eigenvalue weighted by Crippen LogP contribution is 2.41. The minimum absolute atomic E-state index is 0.0189. The predicted molar refractivity (Wildman–Crippen MR) is 148 cm³/mol. The molecule has 0 radical (unpaired) electrons. The van der Waals surface area contributed by atoms with Crippen molar-refractivity contribution in [3.63, 3.8) is 0 Å². The summed E-state index contributed by atoms with van der Waals surface area (Å²) in [5, 5.41) is 15.9. The van der Waals surface area contributed by atoms with Gasteiger partial charge in [-0.2, -0.15) is 13.9 Å². The highest BCUT2D eigenvalue weighted by atomic mass is 19.3. The largest absolute Gasteiger partial charge is 0.506 e. The van der Waals surface area contributed by atoms with Gasteiger partial charge in [-0.3, -0.25) is 9.59 Å². The van der Waals surface area contributed by atoms with Crippen LogP contribution in [0.25, 0.3) is 5.69 Å². The maximum atomic E-state index is 13.8. The van der Waals surface area contributed by atoms with E-state index in [0.29, 0.717) is 31.0 Å². The van der Waals surface area contributed by atoms with E-state index in [1.165, 1.54) is 18.6 Å². The highest BCUT2D eigenvalue weighted by molar-refractivity contribution is 5.99. The monoisotopic (exact) mass is 562 g/mol. The first-order valence-corrected chi connectivity index (χ1v) is 13.9.